The second-order valence-corrected chi connectivity index (χ2v) is 4.10. The van der Waals surface area contributed by atoms with Crippen molar-refractivity contribution in [3.63, 3.8) is 0 Å². The van der Waals surface area contributed by atoms with E-state index >= 15 is 0 Å². The van der Waals surface area contributed by atoms with E-state index in [1.165, 1.54) is 0 Å². The Labute approximate surface area is 110 Å². The first-order chi connectivity index (χ1) is 8.69. The fourth-order valence-corrected chi connectivity index (χ4v) is 1.63. The molecule has 1 heterocycles. The second kappa shape index (κ2) is 5.71. The highest BCUT2D eigenvalue weighted by atomic mass is 35.5. The summed E-state index contributed by atoms with van der Waals surface area (Å²) >= 11 is 5.80. The van der Waals surface area contributed by atoms with Gasteiger partial charge in [-0.25, -0.2) is 0 Å². The van der Waals surface area contributed by atoms with Crippen molar-refractivity contribution in [2.45, 2.75) is 6.61 Å². The Morgan fingerprint density at radius 2 is 2.11 bits per heavy atom. The number of nitrogens with zero attached hydrogens (tertiary/aromatic N) is 1. The summed E-state index contributed by atoms with van der Waals surface area (Å²) in [7, 11) is 1.64. The van der Waals surface area contributed by atoms with Gasteiger partial charge in [0.05, 0.1) is 12.3 Å². The zero-order valence-corrected chi connectivity index (χ0v) is 10.6. The molecule has 0 aliphatic rings. The van der Waals surface area contributed by atoms with Gasteiger partial charge >= 0.3 is 0 Å². The molecular weight excluding hydrogens is 252 g/mol. The predicted octanol–water partition coefficient (Wildman–Crippen LogP) is 3.26. The lowest BCUT2D eigenvalue weighted by molar-refractivity contribution is 0.184. The van der Waals surface area contributed by atoms with Crippen molar-refractivity contribution in [2.75, 3.05) is 12.8 Å². The third-order valence-corrected chi connectivity index (χ3v) is 2.49. The first kappa shape index (κ1) is 12.7. The first-order valence-corrected chi connectivity index (χ1v) is 5.74. The largest absolute Gasteiger partial charge is 0.437 e. The number of nitrogens with two attached hydrogens (primary N) is 1. The Morgan fingerprint density at radius 3 is 2.89 bits per heavy atom. The molecule has 0 bridgehead atoms. The quantitative estimate of drug-likeness (QED) is 0.861. The smallest absolute Gasteiger partial charge is 0.244 e. The summed E-state index contributed by atoms with van der Waals surface area (Å²) in [6.07, 6.45) is 0. The Balaban J connectivity index is 2.22. The summed E-state index contributed by atoms with van der Waals surface area (Å²) in [5, 5.41) is 0.340. The zero-order chi connectivity index (χ0) is 13.0. The van der Waals surface area contributed by atoms with Crippen molar-refractivity contribution < 1.29 is 9.47 Å². The maximum absolute atomic E-state index is 5.80. The second-order valence-electron chi connectivity index (χ2n) is 3.71. The molecule has 5 heteroatoms. The van der Waals surface area contributed by atoms with E-state index < -0.39 is 0 Å². The number of benzene rings is 1. The van der Waals surface area contributed by atoms with Gasteiger partial charge in [-0.2, -0.15) is 4.98 Å². The fourth-order valence-electron chi connectivity index (χ4n) is 1.49. The van der Waals surface area contributed by atoms with Crippen LogP contribution in [0, 0.1) is 0 Å². The van der Waals surface area contributed by atoms with Crippen LogP contribution in [0.3, 0.4) is 0 Å². The van der Waals surface area contributed by atoms with Gasteiger partial charge in [-0.3, -0.25) is 0 Å². The Morgan fingerprint density at radius 1 is 1.28 bits per heavy atom. The third-order valence-electron chi connectivity index (χ3n) is 2.28. The molecule has 0 saturated heterocycles. The molecule has 94 valence electrons. The molecule has 0 aliphatic heterocycles. The molecule has 1 aromatic heterocycles. The minimum atomic E-state index is 0.303. The molecule has 0 amide bonds. The molecule has 0 aliphatic carbocycles. The van der Waals surface area contributed by atoms with Crippen molar-refractivity contribution >= 4 is 17.3 Å². The molecule has 2 aromatic rings. The van der Waals surface area contributed by atoms with Crippen LogP contribution in [0.5, 0.6) is 11.6 Å². The summed E-state index contributed by atoms with van der Waals surface area (Å²) in [4.78, 5) is 4.03. The number of hydrogen-bond acceptors (Lipinski definition) is 4. The number of ether oxygens (including phenoxy) is 2. The van der Waals surface area contributed by atoms with E-state index in [-0.39, 0.29) is 0 Å². The fraction of sp³-hybridized carbons (Fsp3) is 0.154. The number of anilines is 1. The molecular formula is C13H13ClN2O2. The molecule has 0 spiro atoms. The van der Waals surface area contributed by atoms with E-state index in [0.29, 0.717) is 29.1 Å². The van der Waals surface area contributed by atoms with Crippen molar-refractivity contribution in [1.82, 2.24) is 4.98 Å². The van der Waals surface area contributed by atoms with E-state index in [4.69, 9.17) is 26.8 Å². The van der Waals surface area contributed by atoms with Crippen LogP contribution in [-0.4, -0.2) is 12.1 Å². The van der Waals surface area contributed by atoms with E-state index in [2.05, 4.69) is 4.98 Å². The number of halogens is 1. The zero-order valence-electron chi connectivity index (χ0n) is 9.89. The number of rotatable bonds is 4. The van der Waals surface area contributed by atoms with Gasteiger partial charge in [0, 0.05) is 7.11 Å². The number of hydrogen-bond donors (Lipinski definition) is 1. The van der Waals surface area contributed by atoms with Gasteiger partial charge in [0.1, 0.15) is 10.9 Å². The lowest BCUT2D eigenvalue weighted by atomic mass is 10.2. The predicted molar refractivity (Wildman–Crippen MR) is 70.9 cm³/mol. The number of aromatic nitrogens is 1. The monoisotopic (exact) mass is 264 g/mol. The standard InChI is InChI=1S/C13H13ClN2O2/c1-17-8-9-3-2-4-10(7-9)18-13-11(15)5-6-12(14)16-13/h2-7H,8,15H2,1H3. The van der Waals surface area contributed by atoms with Gasteiger partial charge in [-0.05, 0) is 29.8 Å². The maximum Gasteiger partial charge on any atom is 0.244 e. The summed E-state index contributed by atoms with van der Waals surface area (Å²) in [6.45, 7) is 0.523. The highest BCUT2D eigenvalue weighted by Crippen LogP contribution is 2.27. The molecule has 18 heavy (non-hydrogen) atoms. The molecule has 0 saturated carbocycles. The minimum absolute atomic E-state index is 0.303. The molecule has 2 rings (SSSR count). The minimum Gasteiger partial charge on any atom is -0.437 e. The van der Waals surface area contributed by atoms with Crippen LogP contribution in [0.2, 0.25) is 5.15 Å². The molecule has 0 atom stereocenters. The topological polar surface area (TPSA) is 57.4 Å². The van der Waals surface area contributed by atoms with Crippen LogP contribution in [0.1, 0.15) is 5.56 Å². The van der Waals surface area contributed by atoms with Crippen LogP contribution in [0.4, 0.5) is 5.69 Å². The van der Waals surface area contributed by atoms with Crippen LogP contribution in [0.15, 0.2) is 36.4 Å². The summed E-state index contributed by atoms with van der Waals surface area (Å²) in [5.74, 6) is 0.947. The highest BCUT2D eigenvalue weighted by Gasteiger charge is 2.05. The van der Waals surface area contributed by atoms with Gasteiger partial charge in [0.25, 0.3) is 0 Å². The summed E-state index contributed by atoms with van der Waals surface area (Å²) < 4.78 is 10.7. The van der Waals surface area contributed by atoms with Gasteiger partial charge in [0.2, 0.25) is 5.88 Å². The molecule has 2 N–H and O–H groups in total. The van der Waals surface area contributed by atoms with Gasteiger partial charge in [-0.15, -0.1) is 0 Å². The first-order valence-electron chi connectivity index (χ1n) is 5.37. The summed E-state index contributed by atoms with van der Waals surface area (Å²) in [6, 6.07) is 10.8. The van der Waals surface area contributed by atoms with Crippen molar-refractivity contribution in [3.8, 4) is 11.6 Å². The van der Waals surface area contributed by atoms with Gasteiger partial charge in [-0.1, -0.05) is 23.7 Å². The highest BCUT2D eigenvalue weighted by molar-refractivity contribution is 6.29. The molecule has 0 unspecified atom stereocenters. The van der Waals surface area contributed by atoms with Crippen LogP contribution < -0.4 is 10.5 Å². The lowest BCUT2D eigenvalue weighted by Gasteiger charge is -2.08. The SMILES string of the molecule is COCc1cccc(Oc2nc(Cl)ccc2N)c1. The van der Waals surface area contributed by atoms with Crippen LogP contribution >= 0.6 is 11.6 Å². The average molecular weight is 265 g/mol. The molecule has 0 fully saturated rings. The maximum atomic E-state index is 5.80. The number of pyridine rings is 1. The third kappa shape index (κ3) is 3.12. The summed E-state index contributed by atoms with van der Waals surface area (Å²) in [5.41, 5.74) is 7.21. The molecule has 4 nitrogen and oxygen atoms in total. The van der Waals surface area contributed by atoms with E-state index in [1.807, 2.05) is 24.3 Å². The number of nitrogen functional groups attached to an aromatic ring is 1. The Hall–Kier alpha value is -1.78. The average Bonchev–Trinajstić information content (AvgIpc) is 2.35. The van der Waals surface area contributed by atoms with E-state index in [9.17, 15) is 0 Å². The lowest BCUT2D eigenvalue weighted by Crippen LogP contribution is -1.96. The van der Waals surface area contributed by atoms with Crippen LogP contribution in [0.25, 0.3) is 0 Å². The van der Waals surface area contributed by atoms with Crippen LogP contribution in [-0.2, 0) is 11.3 Å². The van der Waals surface area contributed by atoms with Gasteiger partial charge in [0.15, 0.2) is 0 Å². The van der Waals surface area contributed by atoms with Gasteiger partial charge < -0.3 is 15.2 Å². The Bertz CT molecular complexity index is 546. The molecule has 1 aromatic carbocycles. The van der Waals surface area contributed by atoms with Crippen molar-refractivity contribution in [1.29, 1.82) is 0 Å². The van der Waals surface area contributed by atoms with Crippen molar-refractivity contribution in [3.05, 3.63) is 47.1 Å². The molecule has 0 radical (unpaired) electrons. The normalized spacial score (nSPS) is 10.3. The Kier molecular flexibility index (Phi) is 4.02. The van der Waals surface area contributed by atoms with E-state index in [1.54, 1.807) is 19.2 Å². The van der Waals surface area contributed by atoms with Crippen molar-refractivity contribution in [2.24, 2.45) is 0 Å². The number of methoxy groups -OCH3 is 1. The van der Waals surface area contributed by atoms with E-state index in [0.717, 1.165) is 5.56 Å².